The molecule has 4 N–H and O–H groups in total. The molecule has 0 aliphatic heterocycles. The molecule has 0 aliphatic rings. The first-order valence-electron chi connectivity index (χ1n) is 3.26. The second-order valence-corrected chi connectivity index (χ2v) is 1.67. The molecule has 0 radical (unpaired) electrons. The lowest BCUT2D eigenvalue weighted by atomic mass is 10.7. The molecule has 1 unspecified atom stereocenters. The van der Waals surface area contributed by atoms with Gasteiger partial charge in [-0.05, 0) is 6.42 Å². The van der Waals surface area contributed by atoms with Crippen LogP contribution in [0.15, 0.2) is 0 Å². The van der Waals surface area contributed by atoms with Gasteiger partial charge in [0.2, 0.25) is 6.41 Å². The molecule has 0 aromatic rings. The number of hydrogen-bond acceptors (Lipinski definition) is 3. The SMILES string of the molecule is [2H][13CH](C[13C@H]([15NH2])C(=O)O)[15NH]C=O. The molecule has 0 spiro atoms. The number of carbonyl (C=O) groups excluding carboxylic acids is 1. The van der Waals surface area contributed by atoms with Crippen LogP contribution in [0.5, 0.6) is 0 Å². The third-order valence-electron chi connectivity index (χ3n) is 0.875. The van der Waals surface area contributed by atoms with E-state index < -0.39 is 18.5 Å². The summed E-state index contributed by atoms with van der Waals surface area (Å²) < 4.78 is 7.01. The van der Waals surface area contributed by atoms with Gasteiger partial charge in [0.05, 0.1) is 0 Å². The summed E-state index contributed by atoms with van der Waals surface area (Å²) in [6.07, 6.45) is 0.250. The number of carbonyl (C=O) groups is 2. The van der Waals surface area contributed by atoms with Crippen LogP contribution in [0.2, 0.25) is 0 Å². The van der Waals surface area contributed by atoms with Crippen molar-refractivity contribution >= 4 is 12.4 Å². The predicted molar refractivity (Wildman–Crippen MR) is 34.3 cm³/mol. The Morgan fingerprint density at radius 2 is 2.60 bits per heavy atom. The lowest BCUT2D eigenvalue weighted by Crippen LogP contribution is -2.33. The minimum atomic E-state index is -1.17. The average Bonchev–Trinajstić information content (AvgIpc) is 1.87. The Hall–Kier alpha value is -1.10. The van der Waals surface area contributed by atoms with Crippen LogP contribution >= 0.6 is 0 Å². The summed E-state index contributed by atoms with van der Waals surface area (Å²) in [6.45, 7) is -0.946. The van der Waals surface area contributed by atoms with Gasteiger partial charge in [-0.2, -0.15) is 0 Å². The van der Waals surface area contributed by atoms with Crippen LogP contribution in [0, 0.1) is 0 Å². The van der Waals surface area contributed by atoms with E-state index in [1.165, 1.54) is 0 Å². The normalized spacial score (nSPS) is 16.7. The first-order valence-corrected chi connectivity index (χ1v) is 2.68. The van der Waals surface area contributed by atoms with Gasteiger partial charge in [0.15, 0.2) is 0 Å². The first kappa shape index (κ1) is 7.01. The molecule has 5 heteroatoms. The van der Waals surface area contributed by atoms with E-state index >= 15 is 0 Å². The highest BCUT2D eigenvalue weighted by atomic mass is 16.4. The van der Waals surface area contributed by atoms with Gasteiger partial charge >= 0.3 is 5.97 Å². The number of hydrogen-bond donors (Lipinski definition) is 3. The molecular weight excluding hydrogens is 140 g/mol. The zero-order valence-electron chi connectivity index (χ0n) is 6.28. The maximum absolute atomic E-state index is 10.1. The van der Waals surface area contributed by atoms with Crippen LogP contribution in [-0.2, 0) is 9.59 Å². The minimum absolute atomic E-state index is 0.0892. The summed E-state index contributed by atoms with van der Waals surface area (Å²) in [5.74, 6) is -1.17. The highest BCUT2D eigenvalue weighted by Gasteiger charge is 2.09. The second-order valence-electron chi connectivity index (χ2n) is 1.67. The molecule has 0 fully saturated rings. The van der Waals surface area contributed by atoms with E-state index in [0.29, 0.717) is 6.41 Å². The van der Waals surface area contributed by atoms with E-state index in [0.717, 1.165) is 0 Å². The summed E-state index contributed by atoms with van der Waals surface area (Å²) in [5, 5.41) is 10.3. The second kappa shape index (κ2) is 4.75. The molecule has 10 heavy (non-hydrogen) atoms. The van der Waals surface area contributed by atoms with E-state index in [2.05, 4.69) is 5.32 Å². The lowest BCUT2D eigenvalue weighted by Gasteiger charge is -2.03. The molecule has 1 amide bonds. The van der Waals surface area contributed by atoms with Crippen molar-refractivity contribution in [1.29, 1.82) is 0 Å². The van der Waals surface area contributed by atoms with Crippen molar-refractivity contribution < 1.29 is 16.1 Å². The number of rotatable bonds is 5. The molecule has 0 saturated heterocycles. The molecular formula is C5H10N2O3. The maximum Gasteiger partial charge on any atom is 0.320 e. The van der Waals surface area contributed by atoms with Crippen LogP contribution in [-0.4, -0.2) is 30.0 Å². The Labute approximate surface area is 59.6 Å². The molecule has 2 atom stereocenters. The highest BCUT2D eigenvalue weighted by Crippen LogP contribution is 1.84. The summed E-state index contributed by atoms with van der Waals surface area (Å²) in [7, 11) is 0. The molecule has 0 heterocycles. The largest absolute Gasteiger partial charge is 0.480 e. The zero-order valence-corrected chi connectivity index (χ0v) is 5.28. The van der Waals surface area contributed by atoms with Crippen LogP contribution < -0.4 is 11.1 Å². The quantitative estimate of drug-likeness (QED) is 0.254. The van der Waals surface area contributed by atoms with E-state index in [-0.39, 0.29) is 6.42 Å². The van der Waals surface area contributed by atoms with Crippen LogP contribution in [0.25, 0.3) is 0 Å². The van der Waals surface area contributed by atoms with Crippen molar-refractivity contribution in [2.45, 2.75) is 12.5 Å². The average molecular weight is 151 g/mol. The molecule has 0 aromatic carbocycles. The van der Waals surface area contributed by atoms with Gasteiger partial charge in [0.1, 0.15) is 6.04 Å². The maximum atomic E-state index is 10.1. The van der Waals surface area contributed by atoms with Gasteiger partial charge in [-0.25, -0.2) is 0 Å². The number of nitrogens with one attached hydrogen (secondary N) is 1. The molecule has 0 bridgehead atoms. The molecule has 0 saturated carbocycles. The Balaban J connectivity index is 3.64. The van der Waals surface area contributed by atoms with E-state index in [1.54, 1.807) is 0 Å². The van der Waals surface area contributed by atoms with Gasteiger partial charge < -0.3 is 16.2 Å². The monoisotopic (exact) mass is 151 g/mol. The fourth-order valence-electron chi connectivity index (χ4n) is 0.344. The fraction of sp³-hybridized carbons (Fsp3) is 0.600. The molecule has 5 nitrogen and oxygen atoms in total. The first-order chi connectivity index (χ1) is 5.07. The van der Waals surface area contributed by atoms with Crippen molar-refractivity contribution in [3.8, 4) is 0 Å². The minimum Gasteiger partial charge on any atom is -0.480 e. The molecule has 0 rings (SSSR count). The topological polar surface area (TPSA) is 92.4 Å². The lowest BCUT2D eigenvalue weighted by molar-refractivity contribution is -0.138. The van der Waals surface area contributed by atoms with Gasteiger partial charge in [0.25, 0.3) is 0 Å². The summed E-state index contributed by atoms with van der Waals surface area (Å²) >= 11 is 0. The number of aliphatic carboxylic acids is 1. The van der Waals surface area contributed by atoms with Crippen LogP contribution in [0.1, 0.15) is 7.79 Å². The van der Waals surface area contributed by atoms with Crippen molar-refractivity contribution in [2.75, 3.05) is 6.52 Å². The van der Waals surface area contributed by atoms with Gasteiger partial charge in [-0.1, -0.05) is 0 Å². The van der Waals surface area contributed by atoms with E-state index in [1.807, 2.05) is 0 Å². The Morgan fingerprint density at radius 3 is 3.00 bits per heavy atom. The van der Waals surface area contributed by atoms with Crippen molar-refractivity contribution in [1.82, 2.24) is 5.32 Å². The Bertz CT molecular complexity index is 153. The van der Waals surface area contributed by atoms with Crippen LogP contribution in [0.3, 0.4) is 0 Å². The molecule has 0 aliphatic carbocycles. The smallest absolute Gasteiger partial charge is 0.320 e. The molecule has 0 aromatic heterocycles. The molecule has 58 valence electrons. The third-order valence-corrected chi connectivity index (χ3v) is 0.875. The van der Waals surface area contributed by atoms with Gasteiger partial charge in [-0.15, -0.1) is 0 Å². The fourth-order valence-corrected chi connectivity index (χ4v) is 0.344. The number of carboxylic acids is 1. The van der Waals surface area contributed by atoms with E-state index in [4.69, 9.17) is 12.2 Å². The Morgan fingerprint density at radius 1 is 2.00 bits per heavy atom. The summed E-state index contributed by atoms with van der Waals surface area (Å²) in [4.78, 5) is 19.9. The zero-order chi connectivity index (χ0) is 8.85. The standard InChI is InChI=1S/C5H10N2O3/c6-4(5(9)10)1-2-7-3-8/h3-4H,1-2,6H2,(H,7,8)(H,9,10)/t4-/m0/s1/i2+1D,4+1,6+1,7+1/t2?,4-. The third kappa shape index (κ3) is 3.85. The Kier molecular flexibility index (Phi) is 3.33. The highest BCUT2D eigenvalue weighted by molar-refractivity contribution is 5.73. The summed E-state index contributed by atoms with van der Waals surface area (Å²) in [5.41, 5.74) is 5.07. The number of carboxylic acid groups (broad SMARTS) is 1. The number of nitrogens with two attached hydrogens (primary N) is 1. The summed E-state index contributed by atoms with van der Waals surface area (Å²) in [6, 6.07) is -1.09. The van der Waals surface area contributed by atoms with Crippen molar-refractivity contribution in [2.24, 2.45) is 5.73 Å². The van der Waals surface area contributed by atoms with Gasteiger partial charge in [0, 0.05) is 7.89 Å². The van der Waals surface area contributed by atoms with E-state index in [9.17, 15) is 9.59 Å². The van der Waals surface area contributed by atoms with Crippen LogP contribution in [0.4, 0.5) is 0 Å². The van der Waals surface area contributed by atoms with Crippen molar-refractivity contribution in [3.05, 3.63) is 0 Å². The number of amides is 1. The van der Waals surface area contributed by atoms with Gasteiger partial charge in [-0.3, -0.25) is 9.59 Å². The predicted octanol–water partition coefficient (Wildman–Crippen LogP) is -1.47. The van der Waals surface area contributed by atoms with Crippen molar-refractivity contribution in [3.63, 3.8) is 0 Å².